The van der Waals surface area contributed by atoms with Gasteiger partial charge in [0.05, 0.1) is 17.7 Å². The number of nitrogens with one attached hydrogen (secondary N) is 2. The van der Waals surface area contributed by atoms with E-state index in [0.29, 0.717) is 18.2 Å². The van der Waals surface area contributed by atoms with Crippen LogP contribution in [0, 0.1) is 6.92 Å². The molecular formula is C14H16BrN5O2S. The molecule has 1 aromatic heterocycles. The van der Waals surface area contributed by atoms with Crippen molar-refractivity contribution in [3.05, 3.63) is 34.4 Å². The summed E-state index contributed by atoms with van der Waals surface area (Å²) in [6.45, 7) is 1.98. The molecule has 1 atom stereocenters. The van der Waals surface area contributed by atoms with Crippen LogP contribution in [0.4, 0.5) is 17.5 Å². The van der Waals surface area contributed by atoms with Crippen molar-refractivity contribution < 1.29 is 8.42 Å². The third-order valence-corrected chi connectivity index (χ3v) is 5.84. The number of nitrogens with zero attached hydrogens (tertiary/aromatic N) is 3. The Hall–Kier alpha value is -1.74. The first-order valence-electron chi connectivity index (χ1n) is 7.11. The van der Waals surface area contributed by atoms with Crippen molar-refractivity contribution in [3.8, 4) is 0 Å². The number of aryl methyl sites for hydroxylation is 1. The molecule has 0 spiro atoms. The first-order valence-corrected chi connectivity index (χ1v) is 9.72. The van der Waals surface area contributed by atoms with Crippen molar-refractivity contribution in [1.29, 1.82) is 0 Å². The summed E-state index contributed by atoms with van der Waals surface area (Å²) in [6.07, 6.45) is 2.07. The van der Waals surface area contributed by atoms with E-state index in [2.05, 4.69) is 41.7 Å². The van der Waals surface area contributed by atoms with Crippen LogP contribution in [0.5, 0.6) is 0 Å². The lowest BCUT2D eigenvalue weighted by Gasteiger charge is -2.12. The molecular weight excluding hydrogens is 382 g/mol. The normalized spacial score (nSPS) is 19.5. The Morgan fingerprint density at radius 3 is 2.87 bits per heavy atom. The highest BCUT2D eigenvalue weighted by Gasteiger charge is 2.28. The molecule has 1 saturated heterocycles. The highest BCUT2D eigenvalue weighted by Crippen LogP contribution is 2.23. The minimum atomic E-state index is -2.93. The van der Waals surface area contributed by atoms with Crippen LogP contribution in [0.1, 0.15) is 12.0 Å². The van der Waals surface area contributed by atoms with Gasteiger partial charge in [0.1, 0.15) is 0 Å². The largest absolute Gasteiger partial charge is 0.365 e. The number of anilines is 3. The van der Waals surface area contributed by atoms with Crippen LogP contribution < -0.4 is 10.6 Å². The average molecular weight is 398 g/mol. The van der Waals surface area contributed by atoms with Gasteiger partial charge in [0, 0.05) is 16.2 Å². The first kappa shape index (κ1) is 16.1. The maximum Gasteiger partial charge on any atom is 0.249 e. The Bertz CT molecular complexity index is 828. The molecule has 1 aliphatic rings. The summed E-state index contributed by atoms with van der Waals surface area (Å²) in [6, 6.07) is 5.71. The molecule has 1 fully saturated rings. The van der Waals surface area contributed by atoms with Crippen LogP contribution in [0.25, 0.3) is 0 Å². The lowest BCUT2D eigenvalue weighted by molar-refractivity contribution is 0.602. The zero-order valence-corrected chi connectivity index (χ0v) is 14.9. The quantitative estimate of drug-likeness (QED) is 0.816. The number of sulfone groups is 1. The highest BCUT2D eigenvalue weighted by molar-refractivity contribution is 9.10. The zero-order valence-electron chi connectivity index (χ0n) is 12.5. The Morgan fingerprint density at radius 1 is 1.35 bits per heavy atom. The van der Waals surface area contributed by atoms with Gasteiger partial charge in [-0.05, 0) is 37.1 Å². The molecule has 122 valence electrons. The minimum absolute atomic E-state index is 0.126. The van der Waals surface area contributed by atoms with E-state index in [-0.39, 0.29) is 17.5 Å². The van der Waals surface area contributed by atoms with Crippen molar-refractivity contribution in [3.63, 3.8) is 0 Å². The van der Waals surface area contributed by atoms with Crippen LogP contribution in [0.2, 0.25) is 0 Å². The second-order valence-electron chi connectivity index (χ2n) is 5.49. The summed E-state index contributed by atoms with van der Waals surface area (Å²) in [5.74, 6) is 1.22. The summed E-state index contributed by atoms with van der Waals surface area (Å²) >= 11 is 3.42. The Labute approximate surface area is 143 Å². The fourth-order valence-corrected chi connectivity index (χ4v) is 4.58. The summed E-state index contributed by atoms with van der Waals surface area (Å²) < 4.78 is 24.0. The van der Waals surface area contributed by atoms with E-state index >= 15 is 0 Å². The van der Waals surface area contributed by atoms with Gasteiger partial charge in [0.2, 0.25) is 5.95 Å². The molecule has 0 saturated carbocycles. The topological polar surface area (TPSA) is 96.9 Å². The third kappa shape index (κ3) is 4.17. The summed E-state index contributed by atoms with van der Waals surface area (Å²) in [4.78, 5) is 4.34. The summed E-state index contributed by atoms with van der Waals surface area (Å²) in [5, 5.41) is 14.1. The fourth-order valence-electron chi connectivity index (χ4n) is 2.43. The van der Waals surface area contributed by atoms with Gasteiger partial charge < -0.3 is 10.6 Å². The van der Waals surface area contributed by atoms with E-state index in [1.165, 1.54) is 6.20 Å². The van der Waals surface area contributed by atoms with Gasteiger partial charge in [-0.15, -0.1) is 5.10 Å². The second kappa shape index (κ2) is 6.40. The Kier molecular flexibility index (Phi) is 4.49. The number of halogens is 1. The molecule has 3 rings (SSSR count). The molecule has 2 aromatic rings. The van der Waals surface area contributed by atoms with Gasteiger partial charge in [-0.25, -0.2) is 8.42 Å². The van der Waals surface area contributed by atoms with Crippen molar-refractivity contribution in [1.82, 2.24) is 15.2 Å². The van der Waals surface area contributed by atoms with Gasteiger partial charge in [-0.1, -0.05) is 15.9 Å². The standard InChI is InChI=1S/C14H16BrN5O2S/c1-9-6-10(15)2-3-12(9)18-14-19-13(7-16-20-14)17-11-4-5-23(21,22)8-11/h2-3,6-7,11H,4-5,8H2,1H3,(H2,17,18,19,20). The average Bonchev–Trinajstić information content (AvgIpc) is 2.81. The second-order valence-corrected chi connectivity index (χ2v) is 8.64. The van der Waals surface area contributed by atoms with Gasteiger partial charge in [0.25, 0.3) is 0 Å². The number of hydrogen-bond acceptors (Lipinski definition) is 7. The smallest absolute Gasteiger partial charge is 0.249 e. The van der Waals surface area contributed by atoms with Crippen LogP contribution in [0.3, 0.4) is 0 Å². The van der Waals surface area contributed by atoms with Gasteiger partial charge in [0.15, 0.2) is 15.7 Å². The maximum absolute atomic E-state index is 11.5. The monoisotopic (exact) mass is 397 g/mol. The van der Waals surface area contributed by atoms with Gasteiger partial charge >= 0.3 is 0 Å². The molecule has 0 aliphatic carbocycles. The molecule has 1 aliphatic heterocycles. The van der Waals surface area contributed by atoms with Crippen molar-refractivity contribution in [2.75, 3.05) is 22.1 Å². The SMILES string of the molecule is Cc1cc(Br)ccc1Nc1nncc(NC2CCS(=O)(=O)C2)n1. The van der Waals surface area contributed by atoms with E-state index < -0.39 is 9.84 Å². The van der Waals surface area contributed by atoms with Gasteiger partial charge in [-0.2, -0.15) is 10.1 Å². The number of aromatic nitrogens is 3. The fraction of sp³-hybridized carbons (Fsp3) is 0.357. The molecule has 7 nitrogen and oxygen atoms in total. The van der Waals surface area contributed by atoms with E-state index in [1.54, 1.807) is 0 Å². The molecule has 0 bridgehead atoms. The molecule has 0 radical (unpaired) electrons. The Balaban J connectivity index is 1.72. The van der Waals surface area contributed by atoms with E-state index in [9.17, 15) is 8.42 Å². The third-order valence-electron chi connectivity index (χ3n) is 3.58. The number of hydrogen-bond donors (Lipinski definition) is 2. The number of benzene rings is 1. The predicted molar refractivity (Wildman–Crippen MR) is 92.7 cm³/mol. The molecule has 0 amide bonds. The first-order chi connectivity index (χ1) is 10.9. The van der Waals surface area contributed by atoms with Crippen LogP contribution in [-0.2, 0) is 9.84 Å². The van der Waals surface area contributed by atoms with E-state index in [0.717, 1.165) is 15.7 Å². The van der Waals surface area contributed by atoms with Crippen LogP contribution in [-0.4, -0.2) is 41.1 Å². The molecule has 1 aromatic carbocycles. The molecule has 1 unspecified atom stereocenters. The molecule has 23 heavy (non-hydrogen) atoms. The van der Waals surface area contributed by atoms with Gasteiger partial charge in [-0.3, -0.25) is 0 Å². The summed E-state index contributed by atoms with van der Waals surface area (Å²) in [7, 11) is -2.93. The van der Waals surface area contributed by atoms with Crippen molar-refractivity contribution in [2.45, 2.75) is 19.4 Å². The summed E-state index contributed by atoms with van der Waals surface area (Å²) in [5.41, 5.74) is 1.93. The predicted octanol–water partition coefficient (Wildman–Crippen LogP) is 2.29. The lowest BCUT2D eigenvalue weighted by Crippen LogP contribution is -2.21. The minimum Gasteiger partial charge on any atom is -0.365 e. The van der Waals surface area contributed by atoms with Crippen molar-refractivity contribution in [2.24, 2.45) is 0 Å². The molecule has 2 N–H and O–H groups in total. The van der Waals surface area contributed by atoms with Crippen LogP contribution >= 0.6 is 15.9 Å². The maximum atomic E-state index is 11.5. The Morgan fingerprint density at radius 2 is 2.17 bits per heavy atom. The number of rotatable bonds is 4. The van der Waals surface area contributed by atoms with E-state index in [4.69, 9.17) is 0 Å². The molecule has 2 heterocycles. The molecule has 9 heteroatoms. The highest BCUT2D eigenvalue weighted by atomic mass is 79.9. The van der Waals surface area contributed by atoms with Crippen LogP contribution in [0.15, 0.2) is 28.9 Å². The van der Waals surface area contributed by atoms with Crippen molar-refractivity contribution >= 4 is 43.2 Å². The lowest BCUT2D eigenvalue weighted by atomic mass is 10.2. The van der Waals surface area contributed by atoms with E-state index in [1.807, 2.05) is 25.1 Å². The zero-order chi connectivity index (χ0) is 16.4.